The highest BCUT2D eigenvalue weighted by Gasteiger charge is 2.14. The zero-order chi connectivity index (χ0) is 16.8. The first-order chi connectivity index (χ1) is 11.7. The average molecular weight is 323 g/mol. The van der Waals surface area contributed by atoms with Crippen molar-refractivity contribution in [2.75, 3.05) is 0 Å². The summed E-state index contributed by atoms with van der Waals surface area (Å²) < 4.78 is 10.8. The maximum Gasteiger partial charge on any atom is 0.261 e. The molecule has 0 aliphatic carbocycles. The summed E-state index contributed by atoms with van der Waals surface area (Å²) in [6.07, 6.45) is 0.682. The molecule has 1 amide bonds. The summed E-state index contributed by atoms with van der Waals surface area (Å²) in [6.45, 7) is 2.19. The number of aromatic nitrogens is 2. The van der Waals surface area contributed by atoms with Crippen molar-refractivity contribution >= 4 is 5.91 Å². The van der Waals surface area contributed by atoms with Gasteiger partial charge in [0.05, 0.1) is 0 Å². The number of nitrogens with zero attached hydrogens (tertiary/aromatic N) is 2. The summed E-state index contributed by atoms with van der Waals surface area (Å²) in [4.78, 5) is 12.1. The van der Waals surface area contributed by atoms with Gasteiger partial charge in [-0.3, -0.25) is 4.79 Å². The average Bonchev–Trinajstić information content (AvgIpc) is 3.16. The molecule has 1 aromatic heterocycles. The molecule has 24 heavy (non-hydrogen) atoms. The lowest BCUT2D eigenvalue weighted by Crippen LogP contribution is -2.35. The number of ether oxygens (including phenoxy) is 1. The molecule has 0 bridgehead atoms. The molecule has 2 aromatic carbocycles. The lowest BCUT2D eigenvalue weighted by atomic mass is 10.2. The van der Waals surface area contributed by atoms with E-state index in [1.165, 1.54) is 6.39 Å². The topological polar surface area (TPSA) is 77.2 Å². The highest BCUT2D eigenvalue weighted by molar-refractivity contribution is 5.80. The van der Waals surface area contributed by atoms with Gasteiger partial charge in [-0.1, -0.05) is 30.3 Å². The fraction of sp³-hybridized carbons (Fsp3) is 0.167. The van der Waals surface area contributed by atoms with Crippen molar-refractivity contribution in [1.29, 1.82) is 0 Å². The highest BCUT2D eigenvalue weighted by Crippen LogP contribution is 2.20. The maximum absolute atomic E-state index is 12.1. The van der Waals surface area contributed by atoms with Gasteiger partial charge in [-0.15, -0.1) is 10.2 Å². The second-order valence-electron chi connectivity index (χ2n) is 5.23. The van der Waals surface area contributed by atoms with Crippen LogP contribution in [0.5, 0.6) is 5.75 Å². The molecule has 0 fully saturated rings. The standard InChI is InChI=1S/C18H17N3O3/c1-13(17(22)19-11-14-5-3-2-4-6-14)24-16-9-7-15(8-10-16)18-21-20-12-23-18/h2-10,12-13H,11H2,1H3,(H,19,22)/t13-/m1/s1. The van der Waals surface area contributed by atoms with E-state index in [4.69, 9.17) is 9.15 Å². The Bertz CT molecular complexity index is 771. The molecular formula is C18H17N3O3. The SMILES string of the molecule is C[C@@H](Oc1ccc(-c2nnco2)cc1)C(=O)NCc1ccccc1. The number of nitrogens with one attached hydrogen (secondary N) is 1. The Morgan fingerprint density at radius 3 is 2.58 bits per heavy atom. The molecule has 0 spiro atoms. The van der Waals surface area contributed by atoms with Gasteiger partial charge in [-0.2, -0.15) is 0 Å². The third-order valence-electron chi connectivity index (χ3n) is 3.45. The summed E-state index contributed by atoms with van der Waals surface area (Å²) in [5, 5.41) is 10.3. The summed E-state index contributed by atoms with van der Waals surface area (Å²) in [7, 11) is 0. The molecule has 1 N–H and O–H groups in total. The van der Waals surface area contributed by atoms with E-state index >= 15 is 0 Å². The zero-order valence-corrected chi connectivity index (χ0v) is 13.2. The largest absolute Gasteiger partial charge is 0.481 e. The van der Waals surface area contributed by atoms with E-state index in [1.54, 1.807) is 31.2 Å². The molecule has 6 nitrogen and oxygen atoms in total. The number of hydrogen-bond donors (Lipinski definition) is 1. The molecular weight excluding hydrogens is 306 g/mol. The second-order valence-corrected chi connectivity index (χ2v) is 5.23. The normalized spacial score (nSPS) is 11.7. The molecule has 0 saturated carbocycles. The monoisotopic (exact) mass is 323 g/mol. The third kappa shape index (κ3) is 3.98. The van der Waals surface area contributed by atoms with Crippen LogP contribution >= 0.6 is 0 Å². The quantitative estimate of drug-likeness (QED) is 0.755. The van der Waals surface area contributed by atoms with Crippen LogP contribution in [0.2, 0.25) is 0 Å². The van der Waals surface area contributed by atoms with Gasteiger partial charge in [0.15, 0.2) is 6.10 Å². The zero-order valence-electron chi connectivity index (χ0n) is 13.2. The van der Waals surface area contributed by atoms with Crippen LogP contribution in [-0.2, 0) is 11.3 Å². The van der Waals surface area contributed by atoms with E-state index in [9.17, 15) is 4.79 Å². The highest BCUT2D eigenvalue weighted by atomic mass is 16.5. The van der Waals surface area contributed by atoms with Gasteiger partial charge in [0.1, 0.15) is 5.75 Å². The van der Waals surface area contributed by atoms with Gasteiger partial charge in [0, 0.05) is 12.1 Å². The molecule has 0 radical (unpaired) electrons. The van der Waals surface area contributed by atoms with Crippen LogP contribution in [0.4, 0.5) is 0 Å². The minimum atomic E-state index is -0.594. The Morgan fingerprint density at radius 2 is 1.92 bits per heavy atom. The van der Waals surface area contributed by atoms with Gasteiger partial charge in [-0.25, -0.2) is 0 Å². The van der Waals surface area contributed by atoms with E-state index < -0.39 is 6.10 Å². The van der Waals surface area contributed by atoms with E-state index in [0.29, 0.717) is 18.2 Å². The van der Waals surface area contributed by atoms with Crippen molar-refractivity contribution in [2.45, 2.75) is 19.6 Å². The fourth-order valence-corrected chi connectivity index (χ4v) is 2.16. The van der Waals surface area contributed by atoms with Gasteiger partial charge in [0.25, 0.3) is 5.91 Å². The Morgan fingerprint density at radius 1 is 1.17 bits per heavy atom. The van der Waals surface area contributed by atoms with Gasteiger partial charge in [-0.05, 0) is 36.8 Å². The lowest BCUT2D eigenvalue weighted by molar-refractivity contribution is -0.127. The van der Waals surface area contributed by atoms with Crippen LogP contribution in [0, 0.1) is 0 Å². The van der Waals surface area contributed by atoms with Crippen LogP contribution in [0.25, 0.3) is 11.5 Å². The summed E-state index contributed by atoms with van der Waals surface area (Å²) in [5.74, 6) is 0.871. The Hall–Kier alpha value is -3.15. The molecule has 0 aliphatic rings. The first-order valence-electron chi connectivity index (χ1n) is 7.57. The van der Waals surface area contributed by atoms with Crippen molar-refractivity contribution < 1.29 is 13.9 Å². The summed E-state index contributed by atoms with van der Waals surface area (Å²) in [6, 6.07) is 16.9. The Balaban J connectivity index is 1.54. The van der Waals surface area contributed by atoms with Crippen LogP contribution in [0.1, 0.15) is 12.5 Å². The maximum atomic E-state index is 12.1. The molecule has 3 aromatic rings. The third-order valence-corrected chi connectivity index (χ3v) is 3.45. The summed E-state index contributed by atoms with van der Waals surface area (Å²) in [5.41, 5.74) is 1.84. The number of amides is 1. The van der Waals surface area contributed by atoms with Crippen molar-refractivity contribution in [3.63, 3.8) is 0 Å². The number of carbonyl (C=O) groups is 1. The minimum absolute atomic E-state index is 0.167. The molecule has 122 valence electrons. The number of carbonyl (C=O) groups excluding carboxylic acids is 1. The van der Waals surface area contributed by atoms with E-state index in [1.807, 2.05) is 30.3 Å². The second kappa shape index (κ2) is 7.41. The smallest absolute Gasteiger partial charge is 0.261 e. The number of benzene rings is 2. The van der Waals surface area contributed by atoms with Crippen LogP contribution in [0.3, 0.4) is 0 Å². The first kappa shape index (κ1) is 15.7. The number of rotatable bonds is 6. The molecule has 0 unspecified atom stereocenters. The molecule has 3 rings (SSSR count). The fourth-order valence-electron chi connectivity index (χ4n) is 2.16. The van der Waals surface area contributed by atoms with Crippen LogP contribution in [-0.4, -0.2) is 22.2 Å². The summed E-state index contributed by atoms with van der Waals surface area (Å²) >= 11 is 0. The lowest BCUT2D eigenvalue weighted by Gasteiger charge is -2.15. The van der Waals surface area contributed by atoms with E-state index in [0.717, 1.165) is 11.1 Å². The Labute approximate surface area is 139 Å². The molecule has 0 saturated heterocycles. The van der Waals surface area contributed by atoms with E-state index in [2.05, 4.69) is 15.5 Å². The first-order valence-corrected chi connectivity index (χ1v) is 7.57. The predicted octanol–water partition coefficient (Wildman–Crippen LogP) is 2.82. The van der Waals surface area contributed by atoms with Gasteiger partial charge in [0.2, 0.25) is 12.3 Å². The van der Waals surface area contributed by atoms with Crippen LogP contribution < -0.4 is 10.1 Å². The van der Waals surface area contributed by atoms with Crippen molar-refractivity contribution in [3.05, 3.63) is 66.6 Å². The molecule has 1 heterocycles. The van der Waals surface area contributed by atoms with Gasteiger partial charge >= 0.3 is 0 Å². The minimum Gasteiger partial charge on any atom is -0.481 e. The van der Waals surface area contributed by atoms with Crippen molar-refractivity contribution in [1.82, 2.24) is 15.5 Å². The Kier molecular flexibility index (Phi) is 4.86. The number of hydrogen-bond acceptors (Lipinski definition) is 5. The van der Waals surface area contributed by atoms with Crippen molar-refractivity contribution in [2.24, 2.45) is 0 Å². The van der Waals surface area contributed by atoms with E-state index in [-0.39, 0.29) is 5.91 Å². The van der Waals surface area contributed by atoms with Crippen LogP contribution in [0.15, 0.2) is 65.4 Å². The molecule has 6 heteroatoms. The molecule has 0 aliphatic heterocycles. The van der Waals surface area contributed by atoms with Gasteiger partial charge < -0.3 is 14.5 Å². The van der Waals surface area contributed by atoms with Crippen molar-refractivity contribution in [3.8, 4) is 17.2 Å². The predicted molar refractivity (Wildman–Crippen MR) is 88.1 cm³/mol. The molecule has 1 atom stereocenters.